The average Bonchev–Trinajstić information content (AvgIpc) is 2.93. The zero-order valence-electron chi connectivity index (χ0n) is 12.1. The number of aromatic nitrogens is 1. The molecule has 6 heteroatoms. The third-order valence-corrected chi connectivity index (χ3v) is 3.52. The highest BCUT2D eigenvalue weighted by molar-refractivity contribution is 6.30. The van der Waals surface area contributed by atoms with Crippen LogP contribution in [0, 0.1) is 5.92 Å². The standard InChI is InChI=1S/C16H17ClN2O3/c1-11(16(21)22)9-19(10-12-5-3-2-4-6-12)15(20)14-7-13(17)8-18-14/h2-8,11,18H,9-10H2,1H3,(H,21,22)/t11-/m0/s1. The predicted molar refractivity (Wildman–Crippen MR) is 83.8 cm³/mol. The highest BCUT2D eigenvalue weighted by Gasteiger charge is 2.22. The number of aliphatic carboxylic acids is 1. The van der Waals surface area contributed by atoms with Crippen LogP contribution in [0.4, 0.5) is 0 Å². The molecule has 116 valence electrons. The lowest BCUT2D eigenvalue weighted by Gasteiger charge is -2.24. The number of nitrogens with zero attached hydrogens (tertiary/aromatic N) is 1. The molecular formula is C16H17ClN2O3. The Balaban J connectivity index is 2.20. The van der Waals surface area contributed by atoms with Crippen molar-refractivity contribution in [1.82, 2.24) is 9.88 Å². The highest BCUT2D eigenvalue weighted by Crippen LogP contribution is 2.15. The number of amides is 1. The van der Waals surface area contributed by atoms with E-state index in [1.54, 1.807) is 6.92 Å². The molecule has 0 unspecified atom stereocenters. The van der Waals surface area contributed by atoms with E-state index in [-0.39, 0.29) is 12.5 Å². The minimum absolute atomic E-state index is 0.125. The van der Waals surface area contributed by atoms with E-state index >= 15 is 0 Å². The maximum Gasteiger partial charge on any atom is 0.308 e. The Morgan fingerprint density at radius 1 is 1.32 bits per heavy atom. The highest BCUT2D eigenvalue weighted by atomic mass is 35.5. The van der Waals surface area contributed by atoms with Gasteiger partial charge in [0, 0.05) is 19.3 Å². The number of benzene rings is 1. The topological polar surface area (TPSA) is 73.4 Å². The number of nitrogens with one attached hydrogen (secondary N) is 1. The first-order valence-electron chi connectivity index (χ1n) is 6.87. The molecular weight excluding hydrogens is 304 g/mol. The molecule has 2 N–H and O–H groups in total. The van der Waals surface area contributed by atoms with Gasteiger partial charge in [-0.05, 0) is 11.6 Å². The third kappa shape index (κ3) is 4.11. The van der Waals surface area contributed by atoms with Gasteiger partial charge >= 0.3 is 5.97 Å². The van der Waals surface area contributed by atoms with Crippen molar-refractivity contribution in [1.29, 1.82) is 0 Å². The van der Waals surface area contributed by atoms with E-state index in [1.807, 2.05) is 30.3 Å². The van der Waals surface area contributed by atoms with Crippen molar-refractivity contribution in [2.24, 2.45) is 5.92 Å². The molecule has 1 amide bonds. The van der Waals surface area contributed by atoms with Crippen LogP contribution in [0.2, 0.25) is 5.02 Å². The molecule has 0 aliphatic carbocycles. The molecule has 0 saturated heterocycles. The van der Waals surface area contributed by atoms with Gasteiger partial charge in [0.15, 0.2) is 0 Å². The number of hydrogen-bond donors (Lipinski definition) is 2. The zero-order valence-corrected chi connectivity index (χ0v) is 12.9. The number of rotatable bonds is 6. The van der Waals surface area contributed by atoms with Crippen LogP contribution in [-0.4, -0.2) is 33.4 Å². The lowest BCUT2D eigenvalue weighted by molar-refractivity contribution is -0.141. The Morgan fingerprint density at radius 3 is 2.55 bits per heavy atom. The average molecular weight is 321 g/mol. The van der Waals surface area contributed by atoms with E-state index < -0.39 is 11.9 Å². The number of hydrogen-bond acceptors (Lipinski definition) is 2. The molecule has 0 saturated carbocycles. The van der Waals surface area contributed by atoms with Gasteiger partial charge in [-0.2, -0.15) is 0 Å². The van der Waals surface area contributed by atoms with Gasteiger partial charge in [0.25, 0.3) is 5.91 Å². The molecule has 0 aliphatic heterocycles. The number of H-pyrrole nitrogens is 1. The summed E-state index contributed by atoms with van der Waals surface area (Å²) in [5, 5.41) is 9.53. The van der Waals surface area contributed by atoms with E-state index in [0.717, 1.165) is 5.56 Å². The molecule has 0 radical (unpaired) electrons. The van der Waals surface area contributed by atoms with E-state index in [0.29, 0.717) is 17.3 Å². The first-order valence-corrected chi connectivity index (χ1v) is 7.25. The van der Waals surface area contributed by atoms with Crippen molar-refractivity contribution in [3.8, 4) is 0 Å². The minimum Gasteiger partial charge on any atom is -0.481 e. The molecule has 2 aromatic rings. The molecule has 0 fully saturated rings. The Hall–Kier alpha value is -2.27. The molecule has 1 heterocycles. The van der Waals surface area contributed by atoms with Crippen LogP contribution in [0.5, 0.6) is 0 Å². The normalized spacial score (nSPS) is 11.9. The summed E-state index contributed by atoms with van der Waals surface area (Å²) in [4.78, 5) is 28.0. The van der Waals surface area contributed by atoms with Crippen LogP contribution >= 0.6 is 11.6 Å². The smallest absolute Gasteiger partial charge is 0.308 e. The summed E-state index contributed by atoms with van der Waals surface area (Å²) >= 11 is 5.83. The van der Waals surface area contributed by atoms with Crippen molar-refractivity contribution >= 4 is 23.5 Å². The van der Waals surface area contributed by atoms with Gasteiger partial charge in [-0.25, -0.2) is 0 Å². The van der Waals surface area contributed by atoms with Crippen LogP contribution in [0.1, 0.15) is 23.0 Å². The summed E-state index contributed by atoms with van der Waals surface area (Å²) in [5.41, 5.74) is 1.28. The number of carboxylic acids is 1. The number of aromatic amines is 1. The van der Waals surface area contributed by atoms with Crippen molar-refractivity contribution in [2.45, 2.75) is 13.5 Å². The summed E-state index contributed by atoms with van der Waals surface area (Å²) in [5.74, 6) is -1.86. The van der Waals surface area contributed by atoms with E-state index in [1.165, 1.54) is 17.2 Å². The monoisotopic (exact) mass is 320 g/mol. The van der Waals surface area contributed by atoms with Gasteiger partial charge < -0.3 is 15.0 Å². The van der Waals surface area contributed by atoms with Gasteiger partial charge in [0.2, 0.25) is 0 Å². The molecule has 0 spiro atoms. The first-order chi connectivity index (χ1) is 10.5. The van der Waals surface area contributed by atoms with Crippen molar-refractivity contribution in [3.05, 3.63) is 58.9 Å². The largest absolute Gasteiger partial charge is 0.481 e. The lowest BCUT2D eigenvalue weighted by atomic mass is 10.1. The molecule has 2 rings (SSSR count). The fourth-order valence-electron chi connectivity index (χ4n) is 2.09. The summed E-state index contributed by atoms with van der Waals surface area (Å²) in [6, 6.07) is 11.0. The van der Waals surface area contributed by atoms with E-state index in [2.05, 4.69) is 4.98 Å². The van der Waals surface area contributed by atoms with Gasteiger partial charge in [-0.1, -0.05) is 48.9 Å². The molecule has 1 aromatic carbocycles. The van der Waals surface area contributed by atoms with Gasteiger partial charge in [0.1, 0.15) is 5.69 Å². The SMILES string of the molecule is C[C@@H](CN(Cc1ccccc1)C(=O)c1cc(Cl)c[nH]1)C(=O)O. The maximum atomic E-state index is 12.6. The summed E-state index contributed by atoms with van der Waals surface area (Å²) < 4.78 is 0. The molecule has 0 aliphatic rings. The lowest BCUT2D eigenvalue weighted by Crippen LogP contribution is -2.36. The zero-order chi connectivity index (χ0) is 16.1. The van der Waals surface area contributed by atoms with E-state index in [4.69, 9.17) is 16.7 Å². The van der Waals surface area contributed by atoms with Crippen LogP contribution < -0.4 is 0 Å². The Morgan fingerprint density at radius 2 is 2.00 bits per heavy atom. The second-order valence-corrected chi connectivity index (χ2v) is 5.58. The molecule has 1 aromatic heterocycles. The first kappa shape index (κ1) is 16.1. The maximum absolute atomic E-state index is 12.6. The Labute approximate surface area is 133 Å². The van der Waals surface area contributed by atoms with Crippen molar-refractivity contribution in [2.75, 3.05) is 6.54 Å². The van der Waals surface area contributed by atoms with Crippen molar-refractivity contribution < 1.29 is 14.7 Å². The number of halogens is 1. The quantitative estimate of drug-likeness (QED) is 0.859. The predicted octanol–water partition coefficient (Wildman–Crippen LogP) is 3.03. The van der Waals surface area contributed by atoms with Crippen LogP contribution in [-0.2, 0) is 11.3 Å². The Kier molecular flexibility index (Phi) is 5.22. The molecule has 22 heavy (non-hydrogen) atoms. The fourth-order valence-corrected chi connectivity index (χ4v) is 2.26. The minimum atomic E-state index is -0.935. The van der Waals surface area contributed by atoms with Crippen LogP contribution in [0.25, 0.3) is 0 Å². The fraction of sp³-hybridized carbons (Fsp3) is 0.250. The van der Waals surface area contributed by atoms with Gasteiger partial charge in [-0.3, -0.25) is 9.59 Å². The summed E-state index contributed by atoms with van der Waals surface area (Å²) in [6.07, 6.45) is 1.52. The van der Waals surface area contributed by atoms with Gasteiger partial charge in [0.05, 0.1) is 10.9 Å². The van der Waals surface area contributed by atoms with Crippen LogP contribution in [0.3, 0.4) is 0 Å². The molecule has 0 bridgehead atoms. The molecule has 5 nitrogen and oxygen atoms in total. The van der Waals surface area contributed by atoms with Crippen molar-refractivity contribution in [3.63, 3.8) is 0 Å². The van der Waals surface area contributed by atoms with E-state index in [9.17, 15) is 9.59 Å². The second kappa shape index (κ2) is 7.13. The summed E-state index contributed by atoms with van der Waals surface area (Å²) in [6.45, 7) is 2.04. The number of carboxylic acid groups (broad SMARTS) is 1. The third-order valence-electron chi connectivity index (χ3n) is 3.30. The number of carbonyl (C=O) groups is 2. The Bertz CT molecular complexity index is 654. The number of carbonyl (C=O) groups excluding carboxylic acids is 1. The van der Waals surface area contributed by atoms with Gasteiger partial charge in [-0.15, -0.1) is 0 Å². The van der Waals surface area contributed by atoms with Crippen LogP contribution in [0.15, 0.2) is 42.6 Å². The molecule has 1 atom stereocenters. The summed E-state index contributed by atoms with van der Waals surface area (Å²) in [7, 11) is 0. The second-order valence-electron chi connectivity index (χ2n) is 5.14.